The van der Waals surface area contributed by atoms with Gasteiger partial charge in [0.1, 0.15) is 18.0 Å². The normalized spacial score (nSPS) is 12.2. The number of carbonyl (C=O) groups is 1. The van der Waals surface area contributed by atoms with Gasteiger partial charge in [0, 0.05) is 5.56 Å². The van der Waals surface area contributed by atoms with Gasteiger partial charge in [-0.3, -0.25) is 4.79 Å². The largest absolute Gasteiger partial charge is 0.496 e. The number of nitrogens with one attached hydrogen (secondary N) is 1. The van der Waals surface area contributed by atoms with E-state index in [1.54, 1.807) is 5.32 Å². The summed E-state index contributed by atoms with van der Waals surface area (Å²) in [6, 6.07) is 4.08. The van der Waals surface area contributed by atoms with E-state index in [0.717, 1.165) is 0 Å². The molecule has 0 heterocycles. The molecule has 0 aliphatic carbocycles. The molecular formula is C13H15F4NO2. The zero-order valence-corrected chi connectivity index (χ0v) is 11.3. The van der Waals surface area contributed by atoms with Gasteiger partial charge in [-0.15, -0.1) is 0 Å². The molecule has 3 nitrogen and oxygen atoms in total. The highest BCUT2D eigenvalue weighted by atomic mass is 19.4. The molecule has 112 valence electrons. The molecule has 20 heavy (non-hydrogen) atoms. The lowest BCUT2D eigenvalue weighted by Gasteiger charge is -2.20. The predicted molar refractivity (Wildman–Crippen MR) is 65.5 cm³/mol. The Morgan fingerprint density at radius 1 is 1.25 bits per heavy atom. The van der Waals surface area contributed by atoms with Gasteiger partial charge in [0.25, 0.3) is 5.91 Å². The summed E-state index contributed by atoms with van der Waals surface area (Å²) < 4.78 is 55.2. The minimum Gasteiger partial charge on any atom is -0.496 e. The highest BCUT2D eigenvalue weighted by Gasteiger charge is 2.30. The number of amides is 1. The van der Waals surface area contributed by atoms with Crippen molar-refractivity contribution in [2.75, 3.05) is 13.7 Å². The minimum absolute atomic E-state index is 0.0697. The molecule has 1 aromatic carbocycles. The number of halogens is 4. The van der Waals surface area contributed by atoms with E-state index >= 15 is 0 Å². The van der Waals surface area contributed by atoms with E-state index in [1.807, 2.05) is 0 Å². The average molecular weight is 293 g/mol. The van der Waals surface area contributed by atoms with Gasteiger partial charge in [0.05, 0.1) is 12.7 Å². The number of hydrogen-bond acceptors (Lipinski definition) is 2. The van der Waals surface area contributed by atoms with Gasteiger partial charge >= 0.3 is 6.18 Å². The van der Waals surface area contributed by atoms with Gasteiger partial charge in [0.2, 0.25) is 0 Å². The highest BCUT2D eigenvalue weighted by molar-refractivity contribution is 5.97. The van der Waals surface area contributed by atoms with Gasteiger partial charge < -0.3 is 10.1 Å². The van der Waals surface area contributed by atoms with Crippen LogP contribution >= 0.6 is 0 Å². The van der Waals surface area contributed by atoms with Crippen LogP contribution in [0.2, 0.25) is 0 Å². The third-order valence-corrected chi connectivity index (χ3v) is 2.55. The predicted octanol–water partition coefficient (Wildman–Crippen LogP) is 3.19. The molecule has 1 aromatic rings. The van der Waals surface area contributed by atoms with Crippen molar-refractivity contribution in [3.05, 3.63) is 29.3 Å². The monoisotopic (exact) mass is 293 g/mol. The maximum absolute atomic E-state index is 14.0. The summed E-state index contributed by atoms with van der Waals surface area (Å²) in [6.07, 6.45) is -4.51. The van der Waals surface area contributed by atoms with Crippen LogP contribution in [0, 0.1) is 0 Å². The molecule has 0 aliphatic heterocycles. The van der Waals surface area contributed by atoms with E-state index in [9.17, 15) is 22.4 Å². The lowest BCUT2D eigenvalue weighted by molar-refractivity contribution is -0.123. The fourth-order valence-corrected chi connectivity index (χ4v) is 1.68. The molecule has 0 aromatic heterocycles. The Balaban J connectivity index is 3.10. The Labute approximate surface area is 113 Å². The van der Waals surface area contributed by atoms with Crippen LogP contribution in [0.15, 0.2) is 18.2 Å². The second-order valence-corrected chi connectivity index (χ2v) is 4.66. The van der Waals surface area contributed by atoms with Crippen molar-refractivity contribution in [2.45, 2.75) is 25.7 Å². The van der Waals surface area contributed by atoms with Gasteiger partial charge in [-0.25, -0.2) is 4.39 Å². The van der Waals surface area contributed by atoms with Crippen molar-refractivity contribution in [3.63, 3.8) is 0 Å². The molecule has 0 atom stereocenters. The van der Waals surface area contributed by atoms with Gasteiger partial charge in [0.15, 0.2) is 0 Å². The van der Waals surface area contributed by atoms with E-state index in [-0.39, 0.29) is 16.9 Å². The van der Waals surface area contributed by atoms with Crippen LogP contribution in [-0.2, 0) is 5.67 Å². The summed E-state index contributed by atoms with van der Waals surface area (Å²) in [4.78, 5) is 11.7. The lowest BCUT2D eigenvalue weighted by Crippen LogP contribution is -2.34. The summed E-state index contributed by atoms with van der Waals surface area (Å²) in [5.74, 6) is -1.04. The fraction of sp³-hybridized carbons (Fsp3) is 0.462. The van der Waals surface area contributed by atoms with E-state index in [2.05, 4.69) is 0 Å². The van der Waals surface area contributed by atoms with Crippen LogP contribution in [-0.4, -0.2) is 25.7 Å². The van der Waals surface area contributed by atoms with Gasteiger partial charge in [-0.1, -0.05) is 12.1 Å². The van der Waals surface area contributed by atoms with Crippen molar-refractivity contribution in [1.29, 1.82) is 0 Å². The van der Waals surface area contributed by atoms with Crippen LogP contribution < -0.4 is 10.1 Å². The molecule has 0 saturated carbocycles. The lowest BCUT2D eigenvalue weighted by atomic mass is 9.96. The second-order valence-electron chi connectivity index (χ2n) is 4.66. The zero-order valence-electron chi connectivity index (χ0n) is 11.3. The topological polar surface area (TPSA) is 38.3 Å². The first-order valence-corrected chi connectivity index (χ1v) is 5.77. The highest BCUT2D eigenvalue weighted by Crippen LogP contribution is 2.35. The van der Waals surface area contributed by atoms with Crippen molar-refractivity contribution in [2.24, 2.45) is 0 Å². The van der Waals surface area contributed by atoms with Gasteiger partial charge in [-0.05, 0) is 19.9 Å². The molecule has 0 radical (unpaired) electrons. The van der Waals surface area contributed by atoms with Crippen molar-refractivity contribution in [1.82, 2.24) is 5.32 Å². The molecule has 0 bridgehead atoms. The number of methoxy groups -OCH3 is 1. The molecule has 0 spiro atoms. The third kappa shape index (κ3) is 4.11. The van der Waals surface area contributed by atoms with E-state index in [0.29, 0.717) is 0 Å². The quantitative estimate of drug-likeness (QED) is 0.866. The third-order valence-electron chi connectivity index (χ3n) is 2.55. The molecule has 0 saturated heterocycles. The molecule has 0 aliphatic rings. The Bertz CT molecular complexity index is 492. The summed E-state index contributed by atoms with van der Waals surface area (Å²) in [5, 5.41) is 1.73. The summed E-state index contributed by atoms with van der Waals surface area (Å²) in [5.41, 5.74) is -1.83. The van der Waals surface area contributed by atoms with Crippen LogP contribution in [0.4, 0.5) is 17.6 Å². The van der Waals surface area contributed by atoms with Crippen LogP contribution in [0.1, 0.15) is 29.8 Å². The molecule has 1 N–H and O–H groups in total. The number of rotatable bonds is 4. The van der Waals surface area contributed by atoms with Crippen molar-refractivity contribution < 1.29 is 27.1 Å². The molecule has 0 fully saturated rings. The molecule has 7 heteroatoms. The number of benzene rings is 1. The first kappa shape index (κ1) is 16.3. The van der Waals surface area contributed by atoms with E-state index in [4.69, 9.17) is 4.74 Å². The molecule has 1 rings (SSSR count). The smallest absolute Gasteiger partial charge is 0.405 e. The number of ether oxygens (including phenoxy) is 1. The Morgan fingerprint density at radius 3 is 2.30 bits per heavy atom. The van der Waals surface area contributed by atoms with Crippen LogP contribution in [0.3, 0.4) is 0 Å². The first-order chi connectivity index (χ1) is 9.06. The SMILES string of the molecule is COc1c(C(=O)NCC(F)(F)F)cccc1C(C)(C)F. The number of carbonyl (C=O) groups excluding carboxylic acids is 1. The Kier molecular flexibility index (Phi) is 4.62. The van der Waals surface area contributed by atoms with E-state index < -0.39 is 24.3 Å². The summed E-state index contributed by atoms with van der Waals surface area (Å²) >= 11 is 0. The minimum atomic E-state index is -4.51. The molecular weight excluding hydrogens is 278 g/mol. The maximum atomic E-state index is 14.0. The average Bonchev–Trinajstić information content (AvgIpc) is 2.32. The zero-order chi connectivity index (χ0) is 15.6. The second kappa shape index (κ2) is 5.68. The molecule has 1 amide bonds. The van der Waals surface area contributed by atoms with E-state index in [1.165, 1.54) is 39.2 Å². The summed E-state index contributed by atoms with van der Waals surface area (Å²) in [7, 11) is 1.23. The Morgan fingerprint density at radius 2 is 1.85 bits per heavy atom. The summed E-state index contributed by atoms with van der Waals surface area (Å²) in [6.45, 7) is 1.07. The number of alkyl halides is 4. The van der Waals surface area contributed by atoms with Crippen LogP contribution in [0.5, 0.6) is 5.75 Å². The van der Waals surface area contributed by atoms with Crippen LogP contribution in [0.25, 0.3) is 0 Å². The van der Waals surface area contributed by atoms with Gasteiger partial charge in [-0.2, -0.15) is 13.2 Å². The molecule has 0 unspecified atom stereocenters. The maximum Gasteiger partial charge on any atom is 0.405 e. The standard InChI is InChI=1S/C13H15F4NO2/c1-12(2,14)9-6-4-5-8(10(9)20-3)11(19)18-7-13(15,16)17/h4-6H,7H2,1-3H3,(H,18,19). The number of hydrogen-bond donors (Lipinski definition) is 1. The Hall–Kier alpha value is -1.79. The fourth-order valence-electron chi connectivity index (χ4n) is 1.68. The van der Waals surface area contributed by atoms with Crippen molar-refractivity contribution in [3.8, 4) is 5.75 Å². The van der Waals surface area contributed by atoms with Crippen molar-refractivity contribution >= 4 is 5.91 Å². The first-order valence-electron chi connectivity index (χ1n) is 5.77. The number of para-hydroxylation sites is 1.